The Morgan fingerprint density at radius 2 is 1.94 bits per heavy atom. The minimum Gasteiger partial charge on any atom is -0.506 e. The molecule has 0 fully saturated rings. The molecule has 170 valence electrons. The van der Waals surface area contributed by atoms with Crippen molar-refractivity contribution in [2.24, 2.45) is 0 Å². The van der Waals surface area contributed by atoms with Gasteiger partial charge in [-0.3, -0.25) is 19.5 Å². The van der Waals surface area contributed by atoms with E-state index < -0.39 is 23.5 Å². The van der Waals surface area contributed by atoms with Crippen molar-refractivity contribution in [1.29, 1.82) is 0 Å². The summed E-state index contributed by atoms with van der Waals surface area (Å²) in [5.74, 6) is -2.25. The smallest absolute Gasteiger partial charge is 0.294 e. The number of hydrogen-bond donors (Lipinski definition) is 2. The van der Waals surface area contributed by atoms with Crippen LogP contribution in [-0.2, 0) is 4.79 Å². The zero-order valence-corrected chi connectivity index (χ0v) is 18.5. The van der Waals surface area contributed by atoms with Gasteiger partial charge in [0.05, 0.1) is 24.4 Å². The molecule has 5 rings (SSSR count). The topological polar surface area (TPSA) is 113 Å². The number of carbonyl (C=O) groups excluding carboxylic acids is 2. The number of anilines is 1. The summed E-state index contributed by atoms with van der Waals surface area (Å²) in [7, 11) is 1.45. The number of phenols is 1. The van der Waals surface area contributed by atoms with Gasteiger partial charge in [-0.2, -0.15) is 0 Å². The zero-order chi connectivity index (χ0) is 24.0. The molecule has 2 aromatic carbocycles. The summed E-state index contributed by atoms with van der Waals surface area (Å²) >= 11 is 6.13. The van der Waals surface area contributed by atoms with Crippen LogP contribution in [0.3, 0.4) is 0 Å². The standard InChI is InChI=1S/C25H17ClN2O6/c1-33-19-11-15(26)9-14-10-18(34-24(14)19)22(30)20-21(13-5-4-8-27-12-13)28(25(32)23(20)31)16-6-2-3-7-17(16)29/h2-12,21,29,31H,1H3. The van der Waals surface area contributed by atoms with Crippen LogP contribution >= 0.6 is 11.6 Å². The van der Waals surface area contributed by atoms with Crippen molar-refractivity contribution in [3.8, 4) is 11.5 Å². The molecule has 9 heteroatoms. The number of hydrogen-bond acceptors (Lipinski definition) is 7. The summed E-state index contributed by atoms with van der Waals surface area (Å²) < 4.78 is 11.1. The van der Waals surface area contributed by atoms with Crippen LogP contribution in [0.2, 0.25) is 5.02 Å². The number of aromatic hydroxyl groups is 1. The van der Waals surface area contributed by atoms with E-state index in [1.807, 2.05) is 0 Å². The lowest BCUT2D eigenvalue weighted by atomic mass is 9.96. The quantitative estimate of drug-likeness (QED) is 0.390. The first-order valence-electron chi connectivity index (χ1n) is 10.2. The number of benzene rings is 2. The molecule has 1 aliphatic heterocycles. The Balaban J connectivity index is 1.68. The Hall–Kier alpha value is -4.30. The summed E-state index contributed by atoms with van der Waals surface area (Å²) in [5.41, 5.74) is 0.692. The number of ketones is 1. The number of para-hydroxylation sites is 2. The van der Waals surface area contributed by atoms with E-state index >= 15 is 0 Å². The molecule has 2 aromatic heterocycles. The number of aliphatic hydroxyl groups is 1. The molecule has 0 spiro atoms. The second-order valence-corrected chi connectivity index (χ2v) is 8.02. The number of methoxy groups -OCH3 is 1. The Morgan fingerprint density at radius 1 is 1.15 bits per heavy atom. The number of rotatable bonds is 5. The summed E-state index contributed by atoms with van der Waals surface area (Å²) in [6.07, 6.45) is 3.03. The van der Waals surface area contributed by atoms with Crippen molar-refractivity contribution in [1.82, 2.24) is 4.98 Å². The molecule has 0 bridgehead atoms. The predicted molar refractivity (Wildman–Crippen MR) is 124 cm³/mol. The predicted octanol–water partition coefficient (Wildman–Crippen LogP) is 4.98. The molecule has 0 aliphatic carbocycles. The van der Waals surface area contributed by atoms with E-state index in [0.29, 0.717) is 27.3 Å². The molecule has 34 heavy (non-hydrogen) atoms. The molecule has 2 N–H and O–H groups in total. The monoisotopic (exact) mass is 476 g/mol. The third-order valence-corrected chi connectivity index (χ3v) is 5.80. The fourth-order valence-electron chi connectivity index (χ4n) is 4.09. The normalized spacial score (nSPS) is 15.9. The number of aromatic nitrogens is 1. The number of amides is 1. The summed E-state index contributed by atoms with van der Waals surface area (Å²) in [4.78, 5) is 32.1. The fraction of sp³-hybridized carbons (Fsp3) is 0.0800. The molecule has 0 saturated carbocycles. The Kier molecular flexibility index (Phi) is 5.22. The van der Waals surface area contributed by atoms with Crippen LogP contribution in [0.15, 0.2) is 82.7 Å². The summed E-state index contributed by atoms with van der Waals surface area (Å²) in [6, 6.07) is 13.1. The van der Waals surface area contributed by atoms with E-state index in [0.717, 1.165) is 4.90 Å². The number of carbonyl (C=O) groups is 2. The number of Topliss-reactive ketones (excluding diaryl/α,β-unsaturated/α-hetero) is 1. The highest BCUT2D eigenvalue weighted by Crippen LogP contribution is 2.45. The van der Waals surface area contributed by atoms with Crippen molar-refractivity contribution in [2.75, 3.05) is 12.0 Å². The number of phenolic OH excluding ortho intramolecular Hbond substituents is 1. The molecule has 4 aromatic rings. The molecule has 0 saturated heterocycles. The second kappa shape index (κ2) is 8.24. The first-order chi connectivity index (χ1) is 16.4. The third-order valence-electron chi connectivity index (χ3n) is 5.58. The summed E-state index contributed by atoms with van der Waals surface area (Å²) in [5, 5.41) is 22.2. The number of furan rings is 1. The molecule has 8 nitrogen and oxygen atoms in total. The van der Waals surface area contributed by atoms with Crippen LogP contribution in [0.25, 0.3) is 11.0 Å². The number of pyridine rings is 1. The van der Waals surface area contributed by atoms with E-state index in [4.69, 9.17) is 20.8 Å². The van der Waals surface area contributed by atoms with E-state index in [2.05, 4.69) is 4.98 Å². The molecule has 1 atom stereocenters. The molecular formula is C25H17ClN2O6. The molecular weight excluding hydrogens is 460 g/mol. The second-order valence-electron chi connectivity index (χ2n) is 7.58. The van der Waals surface area contributed by atoms with Crippen LogP contribution in [-0.4, -0.2) is 34.0 Å². The van der Waals surface area contributed by atoms with Crippen LogP contribution < -0.4 is 9.64 Å². The van der Waals surface area contributed by atoms with Gasteiger partial charge in [0.2, 0.25) is 5.78 Å². The van der Waals surface area contributed by atoms with Gasteiger partial charge in [-0.05, 0) is 35.9 Å². The maximum atomic E-state index is 13.7. The van der Waals surface area contributed by atoms with Gasteiger partial charge in [0.1, 0.15) is 5.75 Å². The van der Waals surface area contributed by atoms with Crippen LogP contribution in [0.5, 0.6) is 11.5 Å². The minimum absolute atomic E-state index is 0.113. The van der Waals surface area contributed by atoms with Gasteiger partial charge in [0, 0.05) is 28.9 Å². The van der Waals surface area contributed by atoms with E-state index in [1.54, 1.807) is 42.6 Å². The number of aliphatic hydroxyl groups excluding tert-OH is 1. The van der Waals surface area contributed by atoms with E-state index in [1.165, 1.54) is 31.5 Å². The van der Waals surface area contributed by atoms with Crippen LogP contribution in [0, 0.1) is 0 Å². The first kappa shape index (κ1) is 21.5. The lowest BCUT2D eigenvalue weighted by Crippen LogP contribution is -2.31. The largest absolute Gasteiger partial charge is 0.506 e. The Bertz CT molecular complexity index is 1480. The number of ether oxygens (including phenoxy) is 1. The zero-order valence-electron chi connectivity index (χ0n) is 17.7. The van der Waals surface area contributed by atoms with Crippen LogP contribution in [0.4, 0.5) is 5.69 Å². The van der Waals surface area contributed by atoms with Crippen molar-refractivity contribution in [2.45, 2.75) is 6.04 Å². The average molecular weight is 477 g/mol. The van der Waals surface area contributed by atoms with E-state index in [9.17, 15) is 19.8 Å². The molecule has 3 heterocycles. The lowest BCUT2D eigenvalue weighted by molar-refractivity contribution is -0.117. The lowest BCUT2D eigenvalue weighted by Gasteiger charge is -2.27. The highest BCUT2D eigenvalue weighted by atomic mass is 35.5. The number of halogens is 1. The highest BCUT2D eigenvalue weighted by molar-refractivity contribution is 6.31. The maximum Gasteiger partial charge on any atom is 0.294 e. The van der Waals surface area contributed by atoms with Crippen molar-refractivity contribution < 1.29 is 29.0 Å². The average Bonchev–Trinajstić information content (AvgIpc) is 3.38. The Morgan fingerprint density at radius 3 is 2.65 bits per heavy atom. The van der Waals surface area contributed by atoms with Crippen molar-refractivity contribution in [3.05, 3.63) is 94.7 Å². The molecule has 1 amide bonds. The maximum absolute atomic E-state index is 13.7. The van der Waals surface area contributed by atoms with Gasteiger partial charge in [0.15, 0.2) is 22.9 Å². The van der Waals surface area contributed by atoms with Crippen molar-refractivity contribution >= 4 is 39.9 Å². The van der Waals surface area contributed by atoms with E-state index in [-0.39, 0.29) is 22.8 Å². The summed E-state index contributed by atoms with van der Waals surface area (Å²) in [6.45, 7) is 0. The number of fused-ring (bicyclic) bond motifs is 1. The fourth-order valence-corrected chi connectivity index (χ4v) is 4.31. The third kappa shape index (κ3) is 3.36. The van der Waals surface area contributed by atoms with Gasteiger partial charge in [-0.1, -0.05) is 29.8 Å². The van der Waals surface area contributed by atoms with Gasteiger partial charge in [0.25, 0.3) is 5.91 Å². The molecule has 1 unspecified atom stereocenters. The Labute approximate surface area is 198 Å². The van der Waals surface area contributed by atoms with Crippen molar-refractivity contribution in [3.63, 3.8) is 0 Å². The van der Waals surface area contributed by atoms with Gasteiger partial charge in [-0.15, -0.1) is 0 Å². The number of nitrogens with zero attached hydrogens (tertiary/aromatic N) is 2. The first-order valence-corrected chi connectivity index (χ1v) is 10.5. The molecule has 0 radical (unpaired) electrons. The minimum atomic E-state index is -1.05. The highest BCUT2D eigenvalue weighted by Gasteiger charge is 2.46. The van der Waals surface area contributed by atoms with Gasteiger partial charge >= 0.3 is 0 Å². The van der Waals surface area contributed by atoms with Gasteiger partial charge in [-0.25, -0.2) is 0 Å². The molecule has 1 aliphatic rings. The SMILES string of the molecule is COc1cc(Cl)cc2cc(C(=O)C3=C(O)C(=O)N(c4ccccc4O)C3c3cccnc3)oc12. The van der Waals surface area contributed by atoms with Gasteiger partial charge < -0.3 is 19.4 Å². The van der Waals surface area contributed by atoms with Crippen LogP contribution in [0.1, 0.15) is 22.2 Å².